The summed E-state index contributed by atoms with van der Waals surface area (Å²) in [4.78, 5) is 4.64. The van der Waals surface area contributed by atoms with E-state index in [1.54, 1.807) is 0 Å². The van der Waals surface area contributed by atoms with Crippen LogP contribution in [0.1, 0.15) is 42.0 Å². The highest BCUT2D eigenvalue weighted by molar-refractivity contribution is 5.58. The number of aryl methyl sites for hydroxylation is 1. The van der Waals surface area contributed by atoms with Crippen molar-refractivity contribution in [1.82, 2.24) is 0 Å². The molecule has 2 aromatic carbocycles. The normalized spacial score (nSPS) is 13.3. The monoisotopic (exact) mass is 306 g/mol. The summed E-state index contributed by atoms with van der Waals surface area (Å²) in [5.74, 6) is 0.143. The van der Waals surface area contributed by atoms with E-state index in [-0.39, 0.29) is 5.92 Å². The van der Waals surface area contributed by atoms with Crippen molar-refractivity contribution in [2.75, 3.05) is 12.4 Å². The molecule has 2 nitrogen and oxygen atoms in total. The van der Waals surface area contributed by atoms with Gasteiger partial charge < -0.3 is 5.32 Å². The van der Waals surface area contributed by atoms with Crippen molar-refractivity contribution in [3.63, 3.8) is 0 Å². The average molecular weight is 306 g/mol. The van der Waals surface area contributed by atoms with Gasteiger partial charge >= 0.3 is 0 Å². The molecule has 1 N–H and O–H groups in total. The molecule has 0 aromatic heterocycles. The highest BCUT2D eigenvalue weighted by atomic mass is 14.8. The number of aliphatic imine (C=N–C) groups is 1. The van der Waals surface area contributed by atoms with Crippen LogP contribution >= 0.6 is 0 Å². The standard InChI is InChI=1S/C21H26N2/c1-6-20(23-7-2)21(17-11-9-12-18(14-17)22-5)19-13-8-10-15(3)16(19)4/h6-14,21-22H,1-5H3/b20-6-,23-7?. The highest BCUT2D eigenvalue weighted by Gasteiger charge is 2.21. The number of nitrogens with zero attached hydrogens (tertiary/aromatic N) is 1. The fourth-order valence-electron chi connectivity index (χ4n) is 2.93. The van der Waals surface area contributed by atoms with E-state index < -0.39 is 0 Å². The Morgan fingerprint density at radius 2 is 1.83 bits per heavy atom. The largest absolute Gasteiger partial charge is 0.388 e. The predicted octanol–water partition coefficient (Wildman–Crippen LogP) is 5.47. The second-order valence-corrected chi connectivity index (χ2v) is 5.70. The van der Waals surface area contributed by atoms with E-state index in [1.807, 2.05) is 20.2 Å². The minimum absolute atomic E-state index is 0.143. The van der Waals surface area contributed by atoms with Gasteiger partial charge in [0.1, 0.15) is 0 Å². The lowest BCUT2D eigenvalue weighted by Crippen LogP contribution is -2.07. The van der Waals surface area contributed by atoms with Crippen LogP contribution < -0.4 is 5.32 Å². The maximum atomic E-state index is 4.64. The van der Waals surface area contributed by atoms with Crippen molar-refractivity contribution < 1.29 is 0 Å². The van der Waals surface area contributed by atoms with Gasteiger partial charge in [0, 0.05) is 24.6 Å². The Bertz CT molecular complexity index is 726. The van der Waals surface area contributed by atoms with E-state index in [1.165, 1.54) is 22.3 Å². The summed E-state index contributed by atoms with van der Waals surface area (Å²) in [6.07, 6.45) is 3.98. The lowest BCUT2D eigenvalue weighted by Gasteiger charge is -2.22. The molecule has 2 heteroatoms. The molecule has 1 atom stereocenters. The molecule has 0 amide bonds. The number of benzene rings is 2. The molecule has 0 heterocycles. The third-order valence-electron chi connectivity index (χ3n) is 4.34. The highest BCUT2D eigenvalue weighted by Crippen LogP contribution is 2.36. The van der Waals surface area contributed by atoms with Gasteiger partial charge in [0.15, 0.2) is 0 Å². The summed E-state index contributed by atoms with van der Waals surface area (Å²) >= 11 is 0. The van der Waals surface area contributed by atoms with Crippen molar-refractivity contribution in [2.24, 2.45) is 4.99 Å². The predicted molar refractivity (Wildman–Crippen MR) is 102 cm³/mol. The summed E-state index contributed by atoms with van der Waals surface area (Å²) in [6.45, 7) is 8.39. The van der Waals surface area contributed by atoms with Crippen LogP contribution in [0.25, 0.3) is 0 Å². The first-order chi connectivity index (χ1) is 11.1. The van der Waals surface area contributed by atoms with Crippen molar-refractivity contribution in [3.8, 4) is 0 Å². The summed E-state index contributed by atoms with van der Waals surface area (Å²) in [5, 5.41) is 3.23. The van der Waals surface area contributed by atoms with Gasteiger partial charge in [0.25, 0.3) is 0 Å². The minimum Gasteiger partial charge on any atom is -0.388 e. The van der Waals surface area contributed by atoms with E-state index in [9.17, 15) is 0 Å². The zero-order valence-corrected chi connectivity index (χ0v) is 14.7. The van der Waals surface area contributed by atoms with Gasteiger partial charge in [-0.1, -0.05) is 36.4 Å². The smallest absolute Gasteiger partial charge is 0.0512 e. The molecule has 0 aliphatic heterocycles. The second kappa shape index (κ2) is 7.77. The lowest BCUT2D eigenvalue weighted by molar-refractivity contribution is 0.912. The molecule has 23 heavy (non-hydrogen) atoms. The van der Waals surface area contributed by atoms with Gasteiger partial charge in [-0.05, 0) is 62.1 Å². The number of allylic oxidation sites excluding steroid dienone is 2. The average Bonchev–Trinajstić information content (AvgIpc) is 2.58. The Morgan fingerprint density at radius 3 is 2.48 bits per heavy atom. The Hall–Kier alpha value is -2.35. The van der Waals surface area contributed by atoms with Gasteiger partial charge in [-0.3, -0.25) is 4.99 Å². The molecule has 0 fully saturated rings. The van der Waals surface area contributed by atoms with E-state index in [0.717, 1.165) is 11.4 Å². The van der Waals surface area contributed by atoms with Crippen LogP contribution in [0.4, 0.5) is 5.69 Å². The Kier molecular flexibility index (Phi) is 5.75. The number of anilines is 1. The fraction of sp³-hybridized carbons (Fsp3) is 0.286. The quantitative estimate of drug-likeness (QED) is 0.728. The molecular weight excluding hydrogens is 280 g/mol. The fourth-order valence-corrected chi connectivity index (χ4v) is 2.93. The Balaban J connectivity index is 2.67. The third kappa shape index (κ3) is 3.70. The molecule has 2 aromatic rings. The van der Waals surface area contributed by atoms with Gasteiger partial charge in [-0.2, -0.15) is 0 Å². The molecule has 0 radical (unpaired) electrons. The van der Waals surface area contributed by atoms with E-state index in [0.29, 0.717) is 0 Å². The molecule has 2 rings (SSSR count). The number of hydrogen-bond acceptors (Lipinski definition) is 2. The minimum atomic E-state index is 0.143. The van der Waals surface area contributed by atoms with Crippen molar-refractivity contribution in [2.45, 2.75) is 33.6 Å². The molecule has 120 valence electrons. The Morgan fingerprint density at radius 1 is 1.09 bits per heavy atom. The summed E-state index contributed by atoms with van der Waals surface area (Å²) < 4.78 is 0. The van der Waals surface area contributed by atoms with E-state index in [2.05, 4.69) is 79.6 Å². The molecule has 0 spiro atoms. The van der Waals surface area contributed by atoms with Gasteiger partial charge in [0.2, 0.25) is 0 Å². The molecular formula is C21H26N2. The van der Waals surface area contributed by atoms with Crippen LogP contribution in [0.15, 0.2) is 59.2 Å². The Labute approximate surface area is 140 Å². The number of rotatable bonds is 5. The lowest BCUT2D eigenvalue weighted by atomic mass is 9.84. The van der Waals surface area contributed by atoms with Gasteiger partial charge in [-0.25, -0.2) is 0 Å². The van der Waals surface area contributed by atoms with E-state index in [4.69, 9.17) is 0 Å². The summed E-state index contributed by atoms with van der Waals surface area (Å²) in [6, 6.07) is 15.1. The molecule has 0 aliphatic rings. The van der Waals surface area contributed by atoms with Crippen LogP contribution in [0.2, 0.25) is 0 Å². The molecule has 1 unspecified atom stereocenters. The first-order valence-electron chi connectivity index (χ1n) is 8.11. The first kappa shape index (κ1) is 17.0. The van der Waals surface area contributed by atoms with Crippen LogP contribution in [-0.4, -0.2) is 13.3 Å². The van der Waals surface area contributed by atoms with Crippen LogP contribution in [-0.2, 0) is 0 Å². The van der Waals surface area contributed by atoms with Crippen molar-refractivity contribution >= 4 is 11.9 Å². The van der Waals surface area contributed by atoms with E-state index >= 15 is 0 Å². The first-order valence-corrected chi connectivity index (χ1v) is 8.11. The summed E-state index contributed by atoms with van der Waals surface area (Å²) in [7, 11) is 1.95. The molecule has 0 saturated heterocycles. The molecule has 0 saturated carbocycles. The zero-order chi connectivity index (χ0) is 16.8. The zero-order valence-electron chi connectivity index (χ0n) is 14.7. The van der Waals surface area contributed by atoms with Crippen LogP contribution in [0.5, 0.6) is 0 Å². The maximum Gasteiger partial charge on any atom is 0.0512 e. The van der Waals surface area contributed by atoms with Gasteiger partial charge in [-0.15, -0.1) is 0 Å². The SMILES string of the molecule is CC=N/C(=C\C)C(c1cccc(NC)c1)c1cccc(C)c1C. The van der Waals surface area contributed by atoms with Crippen molar-refractivity contribution in [1.29, 1.82) is 0 Å². The summed E-state index contributed by atoms with van der Waals surface area (Å²) in [5.41, 5.74) is 7.41. The van der Waals surface area contributed by atoms with Crippen molar-refractivity contribution in [3.05, 3.63) is 76.5 Å². The number of nitrogens with one attached hydrogen (secondary N) is 1. The second-order valence-electron chi connectivity index (χ2n) is 5.70. The maximum absolute atomic E-state index is 4.64. The van der Waals surface area contributed by atoms with Gasteiger partial charge in [0.05, 0.1) is 5.92 Å². The molecule has 0 aliphatic carbocycles. The topological polar surface area (TPSA) is 24.4 Å². The molecule has 0 bridgehead atoms. The van der Waals surface area contributed by atoms with Crippen LogP contribution in [0.3, 0.4) is 0 Å². The third-order valence-corrected chi connectivity index (χ3v) is 4.34. The number of hydrogen-bond donors (Lipinski definition) is 1. The van der Waals surface area contributed by atoms with Crippen LogP contribution in [0, 0.1) is 13.8 Å².